The van der Waals surface area contributed by atoms with E-state index in [-0.39, 0.29) is 11.9 Å². The van der Waals surface area contributed by atoms with E-state index in [2.05, 4.69) is 17.0 Å². The van der Waals surface area contributed by atoms with Crippen molar-refractivity contribution in [1.29, 1.82) is 0 Å². The number of nitrogens with zero attached hydrogens (tertiary/aromatic N) is 2. The summed E-state index contributed by atoms with van der Waals surface area (Å²) < 4.78 is 5.45. The molecule has 26 heavy (non-hydrogen) atoms. The van der Waals surface area contributed by atoms with Gasteiger partial charge in [-0.25, -0.2) is 0 Å². The standard InChI is InChI=1S/C21H27N3O2/c1-23(21(25)15-19(22)17-7-3-2-4-8-17)16-18-9-5-6-10-20(18)24-11-13-26-14-12-24/h2-10,19H,11-16,22H2,1H3. The molecule has 2 N–H and O–H groups in total. The molecule has 0 aromatic heterocycles. The minimum Gasteiger partial charge on any atom is -0.378 e. The zero-order valence-electron chi connectivity index (χ0n) is 15.3. The molecule has 1 aliphatic rings. The van der Waals surface area contributed by atoms with Crippen molar-refractivity contribution in [3.63, 3.8) is 0 Å². The predicted octanol–water partition coefficient (Wildman–Crippen LogP) is 2.57. The molecule has 0 aliphatic carbocycles. The van der Waals surface area contributed by atoms with E-state index in [4.69, 9.17) is 10.5 Å². The number of carbonyl (C=O) groups is 1. The number of ether oxygens (including phenoxy) is 1. The van der Waals surface area contributed by atoms with E-state index >= 15 is 0 Å². The lowest BCUT2D eigenvalue weighted by Crippen LogP contribution is -2.37. The number of benzene rings is 2. The van der Waals surface area contributed by atoms with E-state index in [9.17, 15) is 4.79 Å². The molecule has 3 rings (SSSR count). The van der Waals surface area contributed by atoms with Crippen molar-refractivity contribution in [2.24, 2.45) is 5.73 Å². The van der Waals surface area contributed by atoms with E-state index in [0.717, 1.165) is 37.4 Å². The van der Waals surface area contributed by atoms with E-state index < -0.39 is 0 Å². The van der Waals surface area contributed by atoms with Gasteiger partial charge in [-0.1, -0.05) is 48.5 Å². The van der Waals surface area contributed by atoms with Gasteiger partial charge < -0.3 is 20.3 Å². The monoisotopic (exact) mass is 353 g/mol. The number of morpholine rings is 1. The summed E-state index contributed by atoms with van der Waals surface area (Å²) in [5, 5.41) is 0. The van der Waals surface area contributed by atoms with Crippen molar-refractivity contribution in [1.82, 2.24) is 4.90 Å². The molecule has 0 radical (unpaired) electrons. The Morgan fingerprint density at radius 3 is 2.50 bits per heavy atom. The van der Waals surface area contributed by atoms with Gasteiger partial charge in [0.05, 0.1) is 13.2 Å². The highest BCUT2D eigenvalue weighted by Gasteiger charge is 2.19. The van der Waals surface area contributed by atoms with E-state index in [1.54, 1.807) is 4.90 Å². The van der Waals surface area contributed by atoms with Crippen LogP contribution in [0.3, 0.4) is 0 Å². The minimum atomic E-state index is -0.277. The highest BCUT2D eigenvalue weighted by Crippen LogP contribution is 2.23. The summed E-state index contributed by atoms with van der Waals surface area (Å²) >= 11 is 0. The highest BCUT2D eigenvalue weighted by atomic mass is 16.5. The lowest BCUT2D eigenvalue weighted by molar-refractivity contribution is -0.130. The summed E-state index contributed by atoms with van der Waals surface area (Å²) in [7, 11) is 1.84. The van der Waals surface area contributed by atoms with Crippen LogP contribution in [-0.2, 0) is 16.1 Å². The van der Waals surface area contributed by atoms with E-state index in [0.29, 0.717) is 13.0 Å². The first kappa shape index (κ1) is 18.4. The van der Waals surface area contributed by atoms with Crippen LogP contribution in [0.4, 0.5) is 5.69 Å². The smallest absolute Gasteiger partial charge is 0.224 e. The minimum absolute atomic E-state index is 0.0538. The van der Waals surface area contributed by atoms with Gasteiger partial charge in [0.15, 0.2) is 0 Å². The second-order valence-electron chi connectivity index (χ2n) is 6.70. The molecule has 1 fully saturated rings. The molecule has 0 spiro atoms. The number of nitrogens with two attached hydrogens (primary N) is 1. The molecule has 1 saturated heterocycles. The molecule has 0 bridgehead atoms. The Bertz CT molecular complexity index is 714. The first-order valence-electron chi connectivity index (χ1n) is 9.10. The largest absolute Gasteiger partial charge is 0.378 e. The summed E-state index contributed by atoms with van der Waals surface area (Å²) in [5.41, 5.74) is 9.53. The number of amides is 1. The number of anilines is 1. The number of rotatable bonds is 6. The van der Waals surface area contributed by atoms with Crippen LogP contribution in [0.15, 0.2) is 54.6 Å². The quantitative estimate of drug-likeness (QED) is 0.867. The normalized spacial score (nSPS) is 15.5. The van der Waals surface area contributed by atoms with Gasteiger partial charge in [-0.2, -0.15) is 0 Å². The molecule has 0 saturated carbocycles. The van der Waals surface area contributed by atoms with Crippen molar-refractivity contribution in [3.05, 3.63) is 65.7 Å². The average molecular weight is 353 g/mol. The van der Waals surface area contributed by atoms with E-state index in [1.807, 2.05) is 49.5 Å². The number of hydrogen-bond donors (Lipinski definition) is 1. The van der Waals surface area contributed by atoms with Gasteiger partial charge >= 0.3 is 0 Å². The van der Waals surface area contributed by atoms with Gasteiger partial charge in [0.2, 0.25) is 5.91 Å². The summed E-state index contributed by atoms with van der Waals surface area (Å²) in [5.74, 6) is 0.0538. The third kappa shape index (κ3) is 4.62. The molecular formula is C21H27N3O2. The summed E-state index contributed by atoms with van der Waals surface area (Å²) in [6.07, 6.45) is 0.306. The van der Waals surface area contributed by atoms with Gasteiger partial charge in [0, 0.05) is 44.8 Å². The van der Waals surface area contributed by atoms with Crippen LogP contribution in [0.1, 0.15) is 23.6 Å². The van der Waals surface area contributed by atoms with Crippen LogP contribution in [-0.4, -0.2) is 44.2 Å². The topological polar surface area (TPSA) is 58.8 Å². The molecule has 1 unspecified atom stereocenters. The number of hydrogen-bond acceptors (Lipinski definition) is 4. The fourth-order valence-corrected chi connectivity index (χ4v) is 3.26. The molecule has 5 heteroatoms. The average Bonchev–Trinajstić information content (AvgIpc) is 2.69. The Labute approximate surface area is 155 Å². The Hall–Kier alpha value is -2.37. The number of carbonyl (C=O) groups excluding carboxylic acids is 1. The van der Waals surface area contributed by atoms with E-state index in [1.165, 1.54) is 5.69 Å². The van der Waals surface area contributed by atoms with Gasteiger partial charge in [0.25, 0.3) is 0 Å². The second-order valence-corrected chi connectivity index (χ2v) is 6.70. The summed E-state index contributed by atoms with van der Waals surface area (Å²) in [4.78, 5) is 16.7. The molecule has 2 aromatic carbocycles. The van der Waals surface area contributed by atoms with Crippen molar-refractivity contribution in [2.45, 2.75) is 19.0 Å². The Kier molecular flexibility index (Phi) is 6.26. The van der Waals surface area contributed by atoms with Crippen LogP contribution in [0.25, 0.3) is 0 Å². The molecule has 5 nitrogen and oxygen atoms in total. The van der Waals surface area contributed by atoms with Gasteiger partial charge in [-0.15, -0.1) is 0 Å². The number of para-hydroxylation sites is 1. The van der Waals surface area contributed by atoms with Crippen LogP contribution in [0.2, 0.25) is 0 Å². The van der Waals surface area contributed by atoms with Crippen LogP contribution in [0.5, 0.6) is 0 Å². The summed E-state index contributed by atoms with van der Waals surface area (Å²) in [6, 6.07) is 17.8. The maximum atomic E-state index is 12.6. The molecule has 2 aromatic rings. The highest BCUT2D eigenvalue weighted by molar-refractivity contribution is 5.77. The molecule has 138 valence electrons. The first-order chi connectivity index (χ1) is 12.6. The van der Waals surface area contributed by atoms with Crippen LogP contribution < -0.4 is 10.6 Å². The first-order valence-corrected chi connectivity index (χ1v) is 9.10. The lowest BCUT2D eigenvalue weighted by atomic mass is 10.0. The van der Waals surface area contributed by atoms with Gasteiger partial charge in [-0.05, 0) is 17.2 Å². The molecule has 1 aliphatic heterocycles. The zero-order valence-corrected chi connectivity index (χ0v) is 15.3. The molecule has 1 heterocycles. The summed E-state index contributed by atoms with van der Waals surface area (Å²) in [6.45, 7) is 3.83. The maximum Gasteiger partial charge on any atom is 0.224 e. The van der Waals surface area contributed by atoms with Crippen molar-refractivity contribution < 1.29 is 9.53 Å². The fraction of sp³-hybridized carbons (Fsp3) is 0.381. The lowest BCUT2D eigenvalue weighted by Gasteiger charge is -2.31. The van der Waals surface area contributed by atoms with Crippen LogP contribution in [0, 0.1) is 0 Å². The third-order valence-electron chi connectivity index (χ3n) is 4.80. The van der Waals surface area contributed by atoms with Gasteiger partial charge in [-0.3, -0.25) is 4.79 Å². The molecule has 1 atom stereocenters. The SMILES string of the molecule is CN(Cc1ccccc1N1CCOCC1)C(=O)CC(N)c1ccccc1. The predicted molar refractivity (Wildman–Crippen MR) is 104 cm³/mol. The Morgan fingerprint density at radius 2 is 1.77 bits per heavy atom. The zero-order chi connectivity index (χ0) is 18.4. The van der Waals surface area contributed by atoms with Crippen molar-refractivity contribution in [2.75, 3.05) is 38.3 Å². The maximum absolute atomic E-state index is 12.6. The van der Waals surface area contributed by atoms with Crippen molar-refractivity contribution >= 4 is 11.6 Å². The second kappa shape index (κ2) is 8.83. The van der Waals surface area contributed by atoms with Crippen molar-refractivity contribution in [3.8, 4) is 0 Å². The molecule has 1 amide bonds. The fourth-order valence-electron chi connectivity index (χ4n) is 3.26. The van der Waals surface area contributed by atoms with Crippen LogP contribution >= 0.6 is 0 Å². The third-order valence-corrected chi connectivity index (χ3v) is 4.80. The Morgan fingerprint density at radius 1 is 1.12 bits per heavy atom. The molecular weight excluding hydrogens is 326 g/mol. The van der Waals surface area contributed by atoms with Gasteiger partial charge in [0.1, 0.15) is 0 Å². The Balaban J connectivity index is 1.64.